The van der Waals surface area contributed by atoms with E-state index >= 15 is 0 Å². The average Bonchev–Trinajstić information content (AvgIpc) is 3.52. The summed E-state index contributed by atoms with van der Waals surface area (Å²) >= 11 is 0. The fourth-order valence-corrected chi connectivity index (χ4v) is 8.63. The predicted octanol–water partition coefficient (Wildman–Crippen LogP) is 14.0. The summed E-state index contributed by atoms with van der Waals surface area (Å²) in [4.78, 5) is 15.4. The molecule has 0 unspecified atom stereocenters. The van der Waals surface area contributed by atoms with Gasteiger partial charge in [-0.3, -0.25) is 0 Å². The molecule has 0 atom stereocenters. The number of rotatable bonds is 6. The molecule has 0 bridgehead atoms. The number of benzene rings is 9. The first-order valence-corrected chi connectivity index (χ1v) is 20.2. The van der Waals surface area contributed by atoms with E-state index in [9.17, 15) is 0 Å². The van der Waals surface area contributed by atoms with Crippen LogP contribution in [0.15, 0.2) is 217 Å². The lowest BCUT2D eigenvalue weighted by atomic mass is 9.91. The molecular formula is C56H37N3. The Hall–Kier alpha value is -7.75. The van der Waals surface area contributed by atoms with Gasteiger partial charge in [-0.2, -0.15) is 0 Å². The minimum atomic E-state index is 0.722. The molecule has 2 heterocycles. The van der Waals surface area contributed by atoms with Crippen LogP contribution in [0.4, 0.5) is 0 Å². The zero-order valence-corrected chi connectivity index (χ0v) is 32.3. The van der Waals surface area contributed by atoms with Gasteiger partial charge in [0.25, 0.3) is 0 Å². The van der Waals surface area contributed by atoms with Gasteiger partial charge in [0.05, 0.1) is 22.6 Å². The highest BCUT2D eigenvalue weighted by Crippen LogP contribution is 2.38. The molecular weight excluding hydrogens is 715 g/mol. The Bertz CT molecular complexity index is 3250. The number of fused-ring (bicyclic) bond motifs is 5. The van der Waals surface area contributed by atoms with Gasteiger partial charge in [-0.15, -0.1) is 0 Å². The van der Waals surface area contributed by atoms with Gasteiger partial charge in [0.2, 0.25) is 0 Å². The van der Waals surface area contributed by atoms with E-state index in [2.05, 4.69) is 194 Å². The fraction of sp³-hybridized carbons (Fsp3) is 0.0179. The Morgan fingerprint density at radius 1 is 0.322 bits per heavy atom. The van der Waals surface area contributed by atoms with Crippen LogP contribution >= 0.6 is 0 Å². The van der Waals surface area contributed by atoms with Crippen LogP contribution in [0.2, 0.25) is 0 Å². The van der Waals surface area contributed by atoms with E-state index in [1.54, 1.807) is 0 Å². The minimum absolute atomic E-state index is 0.722. The lowest BCUT2D eigenvalue weighted by Crippen LogP contribution is -2.05. The van der Waals surface area contributed by atoms with Crippen molar-refractivity contribution in [2.24, 2.45) is 4.99 Å². The predicted molar refractivity (Wildman–Crippen MR) is 246 cm³/mol. The molecule has 0 radical (unpaired) electrons. The van der Waals surface area contributed by atoms with Crippen molar-refractivity contribution in [1.29, 1.82) is 0 Å². The van der Waals surface area contributed by atoms with Gasteiger partial charge in [0.1, 0.15) is 0 Å². The summed E-state index contributed by atoms with van der Waals surface area (Å²) in [6.07, 6.45) is 3.10. The third-order valence-corrected chi connectivity index (χ3v) is 11.6. The van der Waals surface area contributed by atoms with E-state index in [0.29, 0.717) is 0 Å². The van der Waals surface area contributed by atoms with E-state index in [0.717, 1.165) is 68.1 Å². The van der Waals surface area contributed by atoms with E-state index < -0.39 is 0 Å². The monoisotopic (exact) mass is 751 g/mol. The van der Waals surface area contributed by atoms with Gasteiger partial charge in [-0.25, -0.2) is 15.0 Å². The first-order valence-electron chi connectivity index (χ1n) is 20.2. The fourth-order valence-electron chi connectivity index (χ4n) is 8.63. The molecule has 0 N–H and O–H groups in total. The molecule has 3 heteroatoms. The van der Waals surface area contributed by atoms with Gasteiger partial charge in [-0.05, 0) is 67.4 Å². The van der Waals surface area contributed by atoms with E-state index in [1.807, 2.05) is 18.2 Å². The van der Waals surface area contributed by atoms with Crippen LogP contribution in [-0.2, 0) is 6.42 Å². The summed E-state index contributed by atoms with van der Waals surface area (Å²) in [6.45, 7) is 0. The molecule has 59 heavy (non-hydrogen) atoms. The third kappa shape index (κ3) is 6.30. The average molecular weight is 752 g/mol. The van der Waals surface area contributed by atoms with Crippen LogP contribution in [-0.4, -0.2) is 15.7 Å². The van der Waals surface area contributed by atoms with E-state index in [4.69, 9.17) is 15.0 Å². The summed E-state index contributed by atoms with van der Waals surface area (Å²) in [7, 11) is 0. The first-order chi connectivity index (χ1) is 29.2. The number of hydrogen-bond donors (Lipinski definition) is 0. The molecule has 10 aromatic rings. The smallest absolute Gasteiger partial charge is 0.160 e. The van der Waals surface area contributed by atoms with Crippen molar-refractivity contribution in [2.45, 2.75) is 6.42 Å². The molecule has 3 nitrogen and oxygen atoms in total. The van der Waals surface area contributed by atoms with Crippen LogP contribution in [0, 0.1) is 0 Å². The number of aliphatic imine (C=N–C) groups is 1. The Labute approximate surface area is 343 Å². The third-order valence-electron chi connectivity index (χ3n) is 11.6. The second kappa shape index (κ2) is 14.6. The summed E-state index contributed by atoms with van der Waals surface area (Å²) in [5.74, 6) is 0.722. The highest BCUT2D eigenvalue weighted by atomic mass is 14.9. The van der Waals surface area contributed by atoms with Gasteiger partial charge in [0.15, 0.2) is 5.82 Å². The quantitative estimate of drug-likeness (QED) is 0.159. The first kappa shape index (κ1) is 34.5. The number of aromatic nitrogens is 2. The van der Waals surface area contributed by atoms with Crippen molar-refractivity contribution in [3.63, 3.8) is 0 Å². The molecule has 9 aromatic carbocycles. The van der Waals surface area contributed by atoms with Gasteiger partial charge >= 0.3 is 0 Å². The van der Waals surface area contributed by atoms with E-state index in [1.165, 1.54) is 49.4 Å². The minimum Gasteiger partial charge on any atom is -0.247 e. The van der Waals surface area contributed by atoms with Crippen LogP contribution in [0.5, 0.6) is 0 Å². The van der Waals surface area contributed by atoms with E-state index in [-0.39, 0.29) is 0 Å². The molecule has 0 saturated heterocycles. The number of allylic oxidation sites excluding steroid dienone is 1. The summed E-state index contributed by atoms with van der Waals surface area (Å²) < 4.78 is 0. The zero-order chi connectivity index (χ0) is 39.1. The maximum absolute atomic E-state index is 5.29. The summed E-state index contributed by atoms with van der Waals surface area (Å²) in [5.41, 5.74) is 15.4. The number of nitrogens with zero attached hydrogens (tertiary/aromatic N) is 3. The van der Waals surface area contributed by atoms with Crippen LogP contribution < -0.4 is 0 Å². The second-order valence-electron chi connectivity index (χ2n) is 15.1. The summed E-state index contributed by atoms with van der Waals surface area (Å²) in [5, 5.41) is 5.98. The van der Waals surface area contributed by atoms with Gasteiger partial charge in [-0.1, -0.05) is 206 Å². The lowest BCUT2D eigenvalue weighted by Gasteiger charge is -2.14. The molecule has 1 aliphatic heterocycles. The molecule has 0 amide bonds. The Kier molecular flexibility index (Phi) is 8.56. The SMILES string of the molecule is C1=C(c2ccc(-c3cccc4c3ccc3c(-c5ccc(-c6nc(-c7ccccc7)c7ccccc7n6)cc5)cccc34)cc2)N=C(c2ccccc2)c2ccccc2C1. The van der Waals surface area contributed by atoms with Gasteiger partial charge in [0, 0.05) is 27.6 Å². The number of para-hydroxylation sites is 1. The second-order valence-corrected chi connectivity index (χ2v) is 15.1. The Balaban J connectivity index is 0.924. The summed E-state index contributed by atoms with van der Waals surface area (Å²) in [6, 6.07) is 73.2. The van der Waals surface area contributed by atoms with Crippen molar-refractivity contribution >= 4 is 43.9 Å². The normalized spacial score (nSPS) is 12.5. The molecule has 0 spiro atoms. The maximum atomic E-state index is 5.29. The molecule has 1 aromatic heterocycles. The van der Waals surface area contributed by atoms with Crippen LogP contribution in [0.1, 0.15) is 22.3 Å². The van der Waals surface area contributed by atoms with Crippen LogP contribution in [0.3, 0.4) is 0 Å². The highest BCUT2D eigenvalue weighted by molar-refractivity contribution is 6.17. The molecule has 0 saturated carbocycles. The Morgan fingerprint density at radius 2 is 0.847 bits per heavy atom. The molecule has 11 rings (SSSR count). The largest absolute Gasteiger partial charge is 0.247 e. The van der Waals surface area contributed by atoms with Crippen molar-refractivity contribution in [1.82, 2.24) is 9.97 Å². The topological polar surface area (TPSA) is 38.1 Å². The van der Waals surface area contributed by atoms with Crippen molar-refractivity contribution < 1.29 is 0 Å². The van der Waals surface area contributed by atoms with Crippen molar-refractivity contribution in [3.05, 3.63) is 235 Å². The lowest BCUT2D eigenvalue weighted by molar-refractivity contribution is 1.23. The Morgan fingerprint density at radius 3 is 1.53 bits per heavy atom. The standard InChI is InChI=1S/C56H37N3/c1-3-14-41(15-4-1)54-46-18-8-7-13-37(46)33-36-52(57-54)40-29-25-38(26-30-40)44-20-11-22-47-48-23-12-21-45(50(48)35-34-49(44)47)39-27-31-43(32-28-39)56-58-53-24-10-9-19-51(53)55(59-56)42-16-5-2-6-17-42/h1-32,34-36H,33H2. The van der Waals surface area contributed by atoms with Gasteiger partial charge < -0.3 is 0 Å². The van der Waals surface area contributed by atoms with Crippen molar-refractivity contribution in [2.75, 3.05) is 0 Å². The molecule has 0 fully saturated rings. The maximum Gasteiger partial charge on any atom is 0.160 e. The number of hydrogen-bond acceptors (Lipinski definition) is 3. The zero-order valence-electron chi connectivity index (χ0n) is 32.3. The van der Waals surface area contributed by atoms with Crippen molar-refractivity contribution in [3.8, 4) is 44.9 Å². The molecule has 0 aliphatic carbocycles. The van der Waals surface area contributed by atoms with Crippen LogP contribution in [0.25, 0.3) is 83.0 Å². The highest BCUT2D eigenvalue weighted by Gasteiger charge is 2.17. The molecule has 276 valence electrons. The molecule has 1 aliphatic rings.